The number of esters is 1. The highest BCUT2D eigenvalue weighted by molar-refractivity contribution is 9.10. The minimum atomic E-state index is -0.126. The maximum Gasteiger partial charge on any atom is 0.330 e. The predicted molar refractivity (Wildman–Crippen MR) is 66.6 cm³/mol. The zero-order chi connectivity index (χ0) is 11.7. The van der Waals surface area contributed by atoms with E-state index in [0.717, 1.165) is 16.7 Å². The molecule has 1 aliphatic heterocycles. The van der Waals surface area contributed by atoms with Crippen molar-refractivity contribution in [1.82, 2.24) is 0 Å². The van der Waals surface area contributed by atoms with Gasteiger partial charge in [-0.1, -0.05) is 22.0 Å². The van der Waals surface area contributed by atoms with Crippen molar-refractivity contribution < 1.29 is 9.53 Å². The molecule has 2 rings (SSSR count). The van der Waals surface area contributed by atoms with Crippen molar-refractivity contribution in [3.05, 3.63) is 28.2 Å². The standard InChI is InChI=1S/C12H14BrNO2/c1-3-16-12(15)11-7-14(11)9-5-4-8(2)10(13)6-9/h4-6,11H,3,7H2,1-2H3. The van der Waals surface area contributed by atoms with Gasteiger partial charge in [0.2, 0.25) is 0 Å². The van der Waals surface area contributed by atoms with E-state index < -0.39 is 0 Å². The summed E-state index contributed by atoms with van der Waals surface area (Å²) in [7, 11) is 0. The van der Waals surface area contributed by atoms with Crippen LogP contribution in [-0.4, -0.2) is 25.2 Å². The molecule has 1 aromatic carbocycles. The van der Waals surface area contributed by atoms with Crippen LogP contribution in [0.4, 0.5) is 5.69 Å². The molecule has 86 valence electrons. The van der Waals surface area contributed by atoms with Gasteiger partial charge in [0.05, 0.1) is 13.2 Å². The quantitative estimate of drug-likeness (QED) is 0.631. The van der Waals surface area contributed by atoms with E-state index in [1.165, 1.54) is 5.56 Å². The first kappa shape index (κ1) is 11.5. The van der Waals surface area contributed by atoms with Gasteiger partial charge < -0.3 is 9.64 Å². The molecule has 1 atom stereocenters. The number of carbonyl (C=O) groups excluding carboxylic acids is 1. The minimum Gasteiger partial charge on any atom is -0.464 e. The molecule has 0 radical (unpaired) electrons. The van der Waals surface area contributed by atoms with Gasteiger partial charge in [-0.05, 0) is 31.5 Å². The van der Waals surface area contributed by atoms with Crippen molar-refractivity contribution in [2.45, 2.75) is 19.9 Å². The second kappa shape index (κ2) is 4.45. The molecule has 0 spiro atoms. The fraction of sp³-hybridized carbons (Fsp3) is 0.417. The lowest BCUT2D eigenvalue weighted by Gasteiger charge is -2.07. The van der Waals surface area contributed by atoms with Gasteiger partial charge in [0.15, 0.2) is 0 Å². The average molecular weight is 284 g/mol. The summed E-state index contributed by atoms with van der Waals surface area (Å²) in [5.74, 6) is -0.126. The van der Waals surface area contributed by atoms with E-state index in [1.54, 1.807) is 0 Å². The molecule has 16 heavy (non-hydrogen) atoms. The number of hydrogen-bond acceptors (Lipinski definition) is 3. The van der Waals surface area contributed by atoms with Crippen LogP contribution in [0.3, 0.4) is 0 Å². The first-order valence-electron chi connectivity index (χ1n) is 5.33. The highest BCUT2D eigenvalue weighted by Crippen LogP contribution is 2.31. The maximum absolute atomic E-state index is 11.5. The topological polar surface area (TPSA) is 29.3 Å². The SMILES string of the molecule is CCOC(=O)C1CN1c1ccc(C)c(Br)c1. The molecule has 1 unspecified atom stereocenters. The number of anilines is 1. The van der Waals surface area contributed by atoms with Crippen molar-refractivity contribution in [3.63, 3.8) is 0 Å². The Morgan fingerprint density at radius 3 is 3.00 bits per heavy atom. The van der Waals surface area contributed by atoms with Gasteiger partial charge in [-0.25, -0.2) is 4.79 Å². The lowest BCUT2D eigenvalue weighted by atomic mass is 10.2. The summed E-state index contributed by atoms with van der Waals surface area (Å²) in [6, 6.07) is 6.02. The number of rotatable bonds is 3. The molecule has 4 heteroatoms. The van der Waals surface area contributed by atoms with Crippen LogP contribution in [0, 0.1) is 6.92 Å². The lowest BCUT2D eigenvalue weighted by Crippen LogP contribution is -2.15. The van der Waals surface area contributed by atoms with Gasteiger partial charge >= 0.3 is 5.97 Å². The number of carbonyl (C=O) groups is 1. The second-order valence-electron chi connectivity index (χ2n) is 3.85. The molecule has 1 fully saturated rings. The predicted octanol–water partition coefficient (Wildman–Crippen LogP) is 2.51. The van der Waals surface area contributed by atoms with Gasteiger partial charge in [0.1, 0.15) is 6.04 Å². The van der Waals surface area contributed by atoms with E-state index in [9.17, 15) is 4.79 Å². The van der Waals surface area contributed by atoms with Crippen molar-refractivity contribution in [1.29, 1.82) is 0 Å². The largest absolute Gasteiger partial charge is 0.464 e. The Bertz CT molecular complexity index is 419. The number of benzene rings is 1. The Morgan fingerprint density at radius 1 is 1.62 bits per heavy atom. The third-order valence-electron chi connectivity index (χ3n) is 2.66. The number of ether oxygens (including phenoxy) is 1. The summed E-state index contributed by atoms with van der Waals surface area (Å²) >= 11 is 3.49. The molecule has 0 aromatic heterocycles. The Labute approximate surface area is 104 Å². The number of aryl methyl sites for hydroxylation is 1. The van der Waals surface area contributed by atoms with Crippen LogP contribution in [0.2, 0.25) is 0 Å². The average Bonchev–Trinajstić information content (AvgIpc) is 3.02. The Morgan fingerprint density at radius 2 is 2.38 bits per heavy atom. The number of halogens is 1. The zero-order valence-electron chi connectivity index (χ0n) is 9.37. The highest BCUT2D eigenvalue weighted by Gasteiger charge is 2.41. The minimum absolute atomic E-state index is 0.0884. The van der Waals surface area contributed by atoms with E-state index in [1.807, 2.05) is 36.9 Å². The van der Waals surface area contributed by atoms with E-state index in [0.29, 0.717) is 6.61 Å². The van der Waals surface area contributed by atoms with Gasteiger partial charge in [0.25, 0.3) is 0 Å². The zero-order valence-corrected chi connectivity index (χ0v) is 11.0. The Balaban J connectivity index is 2.06. The van der Waals surface area contributed by atoms with Crippen LogP contribution in [-0.2, 0) is 9.53 Å². The summed E-state index contributed by atoms with van der Waals surface area (Å²) in [6.45, 7) is 5.07. The molecule has 3 nitrogen and oxygen atoms in total. The molecular weight excluding hydrogens is 270 g/mol. The molecule has 0 bridgehead atoms. The monoisotopic (exact) mass is 283 g/mol. The summed E-state index contributed by atoms with van der Waals surface area (Å²) in [6.07, 6.45) is 0. The van der Waals surface area contributed by atoms with E-state index in [4.69, 9.17) is 4.74 Å². The smallest absolute Gasteiger partial charge is 0.330 e. The van der Waals surface area contributed by atoms with Gasteiger partial charge in [-0.15, -0.1) is 0 Å². The second-order valence-corrected chi connectivity index (χ2v) is 4.71. The number of hydrogen-bond donors (Lipinski definition) is 0. The summed E-state index contributed by atoms with van der Waals surface area (Å²) in [4.78, 5) is 13.5. The van der Waals surface area contributed by atoms with Crippen LogP contribution >= 0.6 is 15.9 Å². The van der Waals surface area contributed by atoms with E-state index >= 15 is 0 Å². The van der Waals surface area contributed by atoms with Crippen molar-refractivity contribution in [3.8, 4) is 0 Å². The molecule has 0 saturated carbocycles. The summed E-state index contributed by atoms with van der Waals surface area (Å²) < 4.78 is 6.05. The van der Waals surface area contributed by atoms with Gasteiger partial charge in [0, 0.05) is 10.2 Å². The van der Waals surface area contributed by atoms with Crippen LogP contribution in [0.1, 0.15) is 12.5 Å². The Kier molecular flexibility index (Phi) is 3.19. The van der Waals surface area contributed by atoms with Crippen LogP contribution in [0.5, 0.6) is 0 Å². The molecular formula is C12H14BrNO2. The van der Waals surface area contributed by atoms with Crippen LogP contribution < -0.4 is 4.90 Å². The van der Waals surface area contributed by atoms with Crippen LogP contribution in [0.15, 0.2) is 22.7 Å². The van der Waals surface area contributed by atoms with E-state index in [-0.39, 0.29) is 12.0 Å². The van der Waals surface area contributed by atoms with Crippen LogP contribution in [0.25, 0.3) is 0 Å². The fourth-order valence-electron chi connectivity index (χ4n) is 1.63. The summed E-state index contributed by atoms with van der Waals surface area (Å²) in [5.41, 5.74) is 2.26. The Hall–Kier alpha value is -1.03. The molecule has 1 heterocycles. The molecule has 0 amide bonds. The molecule has 0 aliphatic carbocycles. The normalized spacial score (nSPS) is 18.4. The number of nitrogens with zero attached hydrogens (tertiary/aromatic N) is 1. The summed E-state index contributed by atoms with van der Waals surface area (Å²) in [5, 5.41) is 0. The molecule has 1 aliphatic rings. The fourth-order valence-corrected chi connectivity index (χ4v) is 1.99. The first-order chi connectivity index (χ1) is 7.63. The lowest BCUT2D eigenvalue weighted by molar-refractivity contribution is -0.142. The van der Waals surface area contributed by atoms with E-state index in [2.05, 4.69) is 15.9 Å². The van der Waals surface area contributed by atoms with Gasteiger partial charge in [-0.3, -0.25) is 0 Å². The highest BCUT2D eigenvalue weighted by atomic mass is 79.9. The maximum atomic E-state index is 11.5. The molecule has 0 N–H and O–H groups in total. The van der Waals surface area contributed by atoms with Crippen molar-refractivity contribution in [2.75, 3.05) is 18.1 Å². The molecule has 1 aromatic rings. The molecule has 1 saturated heterocycles. The third-order valence-corrected chi connectivity index (χ3v) is 3.51. The van der Waals surface area contributed by atoms with Gasteiger partial charge in [-0.2, -0.15) is 0 Å². The van der Waals surface area contributed by atoms with Crippen molar-refractivity contribution in [2.24, 2.45) is 0 Å². The van der Waals surface area contributed by atoms with Crippen molar-refractivity contribution >= 4 is 27.6 Å². The third kappa shape index (κ3) is 2.21. The first-order valence-corrected chi connectivity index (χ1v) is 6.12.